The topological polar surface area (TPSA) is 41.6 Å². The van der Waals surface area contributed by atoms with Gasteiger partial charge in [-0.3, -0.25) is 0 Å². The molecule has 0 amide bonds. The van der Waals surface area contributed by atoms with Gasteiger partial charge in [-0.25, -0.2) is 18.6 Å². The Hall–Kier alpha value is -1.95. The van der Waals surface area contributed by atoms with Crippen LogP contribution in [0.25, 0.3) is 0 Å². The molecule has 0 aliphatic carbocycles. The summed E-state index contributed by atoms with van der Waals surface area (Å²) in [6.07, 6.45) is 1.37. The molecule has 1 aromatic carbocycles. The van der Waals surface area contributed by atoms with Crippen molar-refractivity contribution < 1.29 is 18.3 Å². The van der Waals surface area contributed by atoms with Crippen LogP contribution in [0.2, 0.25) is 0 Å². The predicted molar refractivity (Wildman–Crippen MR) is 71.6 cm³/mol. The Balaban J connectivity index is 2.96. The third-order valence-electron chi connectivity index (χ3n) is 2.42. The minimum Gasteiger partial charge on any atom is -0.463 e. The van der Waals surface area contributed by atoms with Crippen LogP contribution in [-0.4, -0.2) is 31.7 Å². The van der Waals surface area contributed by atoms with Gasteiger partial charge in [0.15, 0.2) is 0 Å². The van der Waals surface area contributed by atoms with E-state index in [1.165, 1.54) is 6.20 Å². The summed E-state index contributed by atoms with van der Waals surface area (Å²) in [6.45, 7) is 1.89. The van der Waals surface area contributed by atoms with Gasteiger partial charge < -0.3 is 10.2 Å². The molecule has 4 nitrogen and oxygen atoms in total. The number of nitrogens with one attached hydrogen (secondary N) is 1. The fourth-order valence-electron chi connectivity index (χ4n) is 1.50. The minimum absolute atomic E-state index is 0.0523. The molecule has 20 heavy (non-hydrogen) atoms. The number of ether oxygens (including phenoxy) is 1. The van der Waals surface area contributed by atoms with E-state index in [9.17, 15) is 13.6 Å². The zero-order valence-electron chi connectivity index (χ0n) is 11.7. The molecular weight excluding hydrogens is 266 g/mol. The first-order valence-corrected chi connectivity index (χ1v) is 6.17. The Morgan fingerprint density at radius 2 is 2.10 bits per heavy atom. The third kappa shape index (κ3) is 4.97. The van der Waals surface area contributed by atoms with Crippen LogP contribution in [0, 0.1) is 11.6 Å². The van der Waals surface area contributed by atoms with Crippen molar-refractivity contribution in [3.05, 3.63) is 47.2 Å². The van der Waals surface area contributed by atoms with E-state index < -0.39 is 17.6 Å². The fraction of sp³-hybridized carbons (Fsp3) is 0.357. The molecule has 1 N–H and O–H groups in total. The lowest BCUT2D eigenvalue weighted by Crippen LogP contribution is -2.27. The molecule has 0 aliphatic heterocycles. The number of carbonyl (C=O) groups excluding carboxylic acids is 1. The van der Waals surface area contributed by atoms with Crippen LogP contribution in [0.3, 0.4) is 0 Å². The summed E-state index contributed by atoms with van der Waals surface area (Å²) >= 11 is 0. The van der Waals surface area contributed by atoms with E-state index >= 15 is 0 Å². The maximum atomic E-state index is 13.6. The summed E-state index contributed by atoms with van der Waals surface area (Å²) in [5, 5.41) is 1.61. The van der Waals surface area contributed by atoms with E-state index in [1.54, 1.807) is 26.0 Å². The summed E-state index contributed by atoms with van der Waals surface area (Å²) in [5.74, 6) is -1.68. The van der Waals surface area contributed by atoms with E-state index in [-0.39, 0.29) is 24.2 Å². The second-order valence-electron chi connectivity index (χ2n) is 4.33. The Morgan fingerprint density at radius 1 is 1.40 bits per heavy atom. The number of hydrogen-bond donors (Lipinski definition) is 1. The van der Waals surface area contributed by atoms with Crippen molar-refractivity contribution in [2.24, 2.45) is 0 Å². The van der Waals surface area contributed by atoms with E-state index in [0.29, 0.717) is 0 Å². The van der Waals surface area contributed by atoms with Gasteiger partial charge in [-0.15, -0.1) is 0 Å². The van der Waals surface area contributed by atoms with Crippen LogP contribution in [0.4, 0.5) is 8.78 Å². The average molecular weight is 284 g/mol. The van der Waals surface area contributed by atoms with Crippen molar-refractivity contribution in [3.8, 4) is 0 Å². The molecule has 0 radical (unpaired) electrons. The summed E-state index contributed by atoms with van der Waals surface area (Å²) in [7, 11) is 3.48. The largest absolute Gasteiger partial charge is 0.463 e. The van der Waals surface area contributed by atoms with Gasteiger partial charge in [0.1, 0.15) is 11.6 Å². The highest BCUT2D eigenvalue weighted by Gasteiger charge is 2.14. The van der Waals surface area contributed by atoms with E-state index in [1.807, 2.05) is 0 Å². The van der Waals surface area contributed by atoms with Gasteiger partial charge in [0.05, 0.1) is 12.2 Å². The van der Waals surface area contributed by atoms with Gasteiger partial charge in [-0.2, -0.15) is 0 Å². The van der Waals surface area contributed by atoms with Crippen LogP contribution < -0.4 is 5.43 Å². The number of rotatable bonds is 6. The lowest BCUT2D eigenvalue weighted by atomic mass is 10.1. The molecule has 110 valence electrons. The SMILES string of the molecule is CCOC(=O)C(=CNN(C)C)Cc1cc(F)ccc1F. The smallest absolute Gasteiger partial charge is 0.335 e. The minimum atomic E-state index is -0.564. The Labute approximate surface area is 117 Å². The molecule has 0 saturated carbocycles. The number of carbonyl (C=O) groups is 1. The Kier molecular flexibility index (Phi) is 6.11. The molecule has 1 rings (SSSR count). The van der Waals surface area contributed by atoms with Gasteiger partial charge in [0.25, 0.3) is 0 Å². The molecule has 0 bridgehead atoms. The monoisotopic (exact) mass is 284 g/mol. The normalized spacial score (nSPS) is 11.6. The van der Waals surface area contributed by atoms with Crippen molar-refractivity contribution >= 4 is 5.97 Å². The molecule has 0 aliphatic rings. The maximum absolute atomic E-state index is 13.6. The highest BCUT2D eigenvalue weighted by molar-refractivity contribution is 5.88. The number of halogens is 2. The van der Waals surface area contributed by atoms with Crippen molar-refractivity contribution in [1.29, 1.82) is 0 Å². The second-order valence-corrected chi connectivity index (χ2v) is 4.33. The van der Waals surface area contributed by atoms with Crippen molar-refractivity contribution in [2.75, 3.05) is 20.7 Å². The molecule has 0 unspecified atom stereocenters. The Morgan fingerprint density at radius 3 is 2.70 bits per heavy atom. The lowest BCUT2D eigenvalue weighted by molar-refractivity contribution is -0.138. The standard InChI is InChI=1S/C14H18F2N2O2/c1-4-20-14(19)11(9-17-18(2)3)7-10-8-12(15)5-6-13(10)16/h5-6,8-9,17H,4,7H2,1-3H3. The fourth-order valence-corrected chi connectivity index (χ4v) is 1.50. The first kappa shape index (κ1) is 16.1. The van der Waals surface area contributed by atoms with Gasteiger partial charge in [-0.1, -0.05) is 0 Å². The van der Waals surface area contributed by atoms with Crippen LogP contribution in [-0.2, 0) is 16.0 Å². The highest BCUT2D eigenvalue weighted by Crippen LogP contribution is 2.15. The van der Waals surface area contributed by atoms with E-state index in [0.717, 1.165) is 18.2 Å². The molecule has 6 heteroatoms. The molecule has 1 aromatic rings. The molecule has 0 atom stereocenters. The van der Waals surface area contributed by atoms with Gasteiger partial charge in [0.2, 0.25) is 0 Å². The molecule has 0 heterocycles. The first-order valence-electron chi connectivity index (χ1n) is 6.17. The second kappa shape index (κ2) is 7.59. The highest BCUT2D eigenvalue weighted by atomic mass is 19.1. The summed E-state index contributed by atoms with van der Waals surface area (Å²) in [6, 6.07) is 3.13. The van der Waals surface area contributed by atoms with Crippen LogP contribution >= 0.6 is 0 Å². The summed E-state index contributed by atoms with van der Waals surface area (Å²) < 4.78 is 31.6. The number of esters is 1. The van der Waals surface area contributed by atoms with E-state index in [2.05, 4.69) is 5.43 Å². The first-order chi connectivity index (χ1) is 9.43. The van der Waals surface area contributed by atoms with Crippen molar-refractivity contribution in [1.82, 2.24) is 10.4 Å². The van der Waals surface area contributed by atoms with Crippen LogP contribution in [0.15, 0.2) is 30.0 Å². The molecular formula is C14H18F2N2O2. The van der Waals surface area contributed by atoms with Crippen LogP contribution in [0.5, 0.6) is 0 Å². The number of hydrazine groups is 1. The molecule has 0 aromatic heterocycles. The van der Waals surface area contributed by atoms with Gasteiger partial charge in [-0.05, 0) is 30.7 Å². The average Bonchev–Trinajstić information content (AvgIpc) is 2.38. The van der Waals surface area contributed by atoms with Gasteiger partial charge >= 0.3 is 5.97 Å². The quantitative estimate of drug-likeness (QED) is 0.493. The molecule has 0 spiro atoms. The summed E-state index contributed by atoms with van der Waals surface area (Å²) in [4.78, 5) is 11.8. The summed E-state index contributed by atoms with van der Waals surface area (Å²) in [5.41, 5.74) is 3.11. The zero-order valence-corrected chi connectivity index (χ0v) is 11.7. The molecule has 0 saturated heterocycles. The number of benzene rings is 1. The Bertz CT molecular complexity index is 502. The van der Waals surface area contributed by atoms with E-state index in [4.69, 9.17) is 4.74 Å². The zero-order chi connectivity index (χ0) is 15.1. The van der Waals surface area contributed by atoms with Crippen LogP contribution in [0.1, 0.15) is 12.5 Å². The maximum Gasteiger partial charge on any atom is 0.335 e. The number of hydrogen-bond acceptors (Lipinski definition) is 4. The van der Waals surface area contributed by atoms with Crippen molar-refractivity contribution in [2.45, 2.75) is 13.3 Å². The van der Waals surface area contributed by atoms with Gasteiger partial charge in [0, 0.05) is 26.7 Å². The predicted octanol–water partition coefficient (Wildman–Crippen LogP) is 2.02. The third-order valence-corrected chi connectivity index (χ3v) is 2.42. The lowest BCUT2D eigenvalue weighted by Gasteiger charge is -2.12. The van der Waals surface area contributed by atoms with Crippen molar-refractivity contribution in [3.63, 3.8) is 0 Å². The molecule has 0 fully saturated rings. The number of nitrogens with zero attached hydrogens (tertiary/aromatic N) is 1.